The lowest BCUT2D eigenvalue weighted by Gasteiger charge is -2.19. The Labute approximate surface area is 279 Å². The van der Waals surface area contributed by atoms with E-state index in [9.17, 15) is 5.48 Å². The first kappa shape index (κ1) is 15.7. The summed E-state index contributed by atoms with van der Waals surface area (Å²) in [4.78, 5) is 4.82. The minimum atomic E-state index is -0.532. The van der Waals surface area contributed by atoms with Crippen molar-refractivity contribution in [2.75, 3.05) is 0 Å². The average Bonchev–Trinajstić information content (AvgIpc) is 3.62. The van der Waals surface area contributed by atoms with E-state index < -0.39 is 54.4 Å². The Morgan fingerprint density at radius 1 is 0.467 bits per heavy atom. The Bertz CT molecular complexity index is 3150. The van der Waals surface area contributed by atoms with Crippen molar-refractivity contribution < 1.29 is 17.8 Å². The summed E-state index contributed by atoms with van der Waals surface area (Å²) in [5.41, 5.74) is 2.73. The van der Waals surface area contributed by atoms with Gasteiger partial charge < -0.3 is 0 Å². The van der Waals surface area contributed by atoms with Gasteiger partial charge in [0.25, 0.3) is 0 Å². The number of hydrogen-bond donors (Lipinski definition) is 0. The second-order valence-corrected chi connectivity index (χ2v) is 10.6. The van der Waals surface area contributed by atoms with Crippen LogP contribution in [0.15, 0.2) is 170 Å². The van der Waals surface area contributed by atoms with E-state index in [0.717, 1.165) is 10.8 Å². The van der Waals surface area contributed by atoms with Gasteiger partial charge in [-0.25, -0.2) is 4.98 Å². The van der Waals surface area contributed by atoms with Crippen LogP contribution in [0.5, 0.6) is 0 Å². The van der Waals surface area contributed by atoms with Crippen LogP contribution in [-0.4, -0.2) is 9.55 Å². The maximum atomic E-state index is 9.31. The third kappa shape index (κ3) is 4.07. The van der Waals surface area contributed by atoms with Crippen LogP contribution in [0.4, 0.5) is 0 Å². The SMILES string of the molecule is [2H]c1c([2H])c([2H])c(-n2c(-c3ccc(-c4c5c([2H])c([2H])c([2H])c([2H])c5c(-c5cccc6ccccc56)c5c([2H])c([2H])c([2H])c([2H])c45)cc3)nc3ccccc32)c([2H])c1[2H]. The summed E-state index contributed by atoms with van der Waals surface area (Å²) < 4.78 is 116. The molecule has 2 nitrogen and oxygen atoms in total. The summed E-state index contributed by atoms with van der Waals surface area (Å²) in [6.45, 7) is 0. The highest BCUT2D eigenvalue weighted by molar-refractivity contribution is 6.23. The molecular formula is C43H28N2. The minimum Gasteiger partial charge on any atom is -0.292 e. The summed E-state index contributed by atoms with van der Waals surface area (Å²) in [6.07, 6.45) is 0. The third-order valence-corrected chi connectivity index (χ3v) is 8.14. The number of fused-ring (bicyclic) bond motifs is 4. The van der Waals surface area contributed by atoms with Crippen LogP contribution in [0.25, 0.3) is 82.7 Å². The van der Waals surface area contributed by atoms with Crippen molar-refractivity contribution in [1.82, 2.24) is 9.55 Å². The molecule has 0 saturated carbocycles. The van der Waals surface area contributed by atoms with Crippen molar-refractivity contribution in [1.29, 1.82) is 0 Å². The van der Waals surface area contributed by atoms with Gasteiger partial charge in [0.05, 0.1) is 28.9 Å². The molecular weight excluding hydrogens is 544 g/mol. The molecule has 0 unspecified atom stereocenters. The number of hydrogen-bond acceptors (Lipinski definition) is 1. The Morgan fingerprint density at radius 2 is 1.04 bits per heavy atom. The Hall–Kier alpha value is -5.99. The van der Waals surface area contributed by atoms with E-state index in [1.54, 1.807) is 60.7 Å². The van der Waals surface area contributed by atoms with Gasteiger partial charge in [0, 0.05) is 11.3 Å². The van der Waals surface area contributed by atoms with E-state index in [4.69, 9.17) is 17.3 Å². The largest absolute Gasteiger partial charge is 0.292 e. The first-order chi connectivity index (χ1) is 27.7. The molecule has 0 spiro atoms. The van der Waals surface area contributed by atoms with Crippen LogP contribution in [0.2, 0.25) is 0 Å². The number of aromatic nitrogens is 2. The fourth-order valence-corrected chi connectivity index (χ4v) is 6.21. The maximum absolute atomic E-state index is 9.31. The molecule has 1 aromatic heterocycles. The summed E-state index contributed by atoms with van der Waals surface area (Å²) in [5.74, 6) is 0.260. The highest BCUT2D eigenvalue weighted by atomic mass is 15.1. The van der Waals surface area contributed by atoms with Crippen molar-refractivity contribution >= 4 is 43.4 Å². The van der Waals surface area contributed by atoms with Gasteiger partial charge in [-0.2, -0.15) is 0 Å². The smallest absolute Gasteiger partial charge is 0.145 e. The van der Waals surface area contributed by atoms with Gasteiger partial charge in [-0.1, -0.05) is 145 Å². The number of nitrogens with zero attached hydrogens (tertiary/aromatic N) is 2. The van der Waals surface area contributed by atoms with Gasteiger partial charge in [0.2, 0.25) is 0 Å². The predicted molar refractivity (Wildman–Crippen MR) is 190 cm³/mol. The van der Waals surface area contributed by atoms with Gasteiger partial charge in [0.15, 0.2) is 0 Å². The first-order valence-corrected chi connectivity index (χ1v) is 14.3. The van der Waals surface area contributed by atoms with Crippen LogP contribution in [0.3, 0.4) is 0 Å². The van der Waals surface area contributed by atoms with Crippen LogP contribution in [-0.2, 0) is 0 Å². The maximum Gasteiger partial charge on any atom is 0.145 e. The zero-order valence-electron chi connectivity index (χ0n) is 36.6. The molecule has 0 atom stereocenters. The van der Waals surface area contributed by atoms with Gasteiger partial charge in [-0.15, -0.1) is 0 Å². The third-order valence-electron chi connectivity index (χ3n) is 8.14. The van der Waals surface area contributed by atoms with Crippen molar-refractivity contribution in [3.05, 3.63) is 170 Å². The quantitative estimate of drug-likeness (QED) is 0.188. The highest BCUT2D eigenvalue weighted by Crippen LogP contribution is 2.45. The lowest BCUT2D eigenvalue weighted by atomic mass is 9.84. The summed E-state index contributed by atoms with van der Waals surface area (Å²) in [7, 11) is 0. The molecule has 0 amide bonds. The molecule has 0 aliphatic rings. The second-order valence-electron chi connectivity index (χ2n) is 10.6. The number of para-hydroxylation sites is 3. The zero-order chi connectivity index (χ0) is 41.1. The van der Waals surface area contributed by atoms with Crippen LogP contribution >= 0.6 is 0 Å². The molecule has 0 aliphatic carbocycles. The van der Waals surface area contributed by atoms with Crippen molar-refractivity contribution in [3.63, 3.8) is 0 Å². The average molecular weight is 586 g/mol. The minimum absolute atomic E-state index is 0.0746. The van der Waals surface area contributed by atoms with E-state index >= 15 is 0 Å². The number of imidazole rings is 1. The lowest BCUT2D eigenvalue weighted by molar-refractivity contribution is 1.10. The lowest BCUT2D eigenvalue weighted by Crippen LogP contribution is -1.97. The van der Waals surface area contributed by atoms with Crippen molar-refractivity contribution in [2.24, 2.45) is 0 Å². The van der Waals surface area contributed by atoms with Crippen molar-refractivity contribution in [2.45, 2.75) is 0 Å². The summed E-state index contributed by atoms with van der Waals surface area (Å²) in [5, 5.41) is 1.91. The normalized spacial score (nSPS) is 15.6. The molecule has 0 aliphatic heterocycles. The van der Waals surface area contributed by atoms with Crippen LogP contribution in [0.1, 0.15) is 17.8 Å². The predicted octanol–water partition coefficient (Wildman–Crippen LogP) is 11.5. The molecule has 45 heavy (non-hydrogen) atoms. The van der Waals surface area contributed by atoms with E-state index in [-0.39, 0.29) is 68.4 Å². The topological polar surface area (TPSA) is 17.8 Å². The van der Waals surface area contributed by atoms with E-state index in [1.165, 1.54) is 4.57 Å². The molecule has 9 aromatic rings. The zero-order valence-corrected chi connectivity index (χ0v) is 23.6. The monoisotopic (exact) mass is 585 g/mol. The second kappa shape index (κ2) is 10.3. The Kier molecular flexibility index (Phi) is 3.59. The van der Waals surface area contributed by atoms with Gasteiger partial charge in [-0.3, -0.25) is 4.57 Å². The van der Waals surface area contributed by atoms with Crippen LogP contribution in [0, 0.1) is 0 Å². The number of benzene rings is 8. The molecule has 2 heteroatoms. The summed E-state index contributed by atoms with van der Waals surface area (Å²) >= 11 is 0. The fraction of sp³-hybridized carbons (Fsp3) is 0. The van der Waals surface area contributed by atoms with Crippen molar-refractivity contribution in [3.8, 4) is 39.3 Å². The molecule has 0 saturated heterocycles. The van der Waals surface area contributed by atoms with Gasteiger partial charge in [0.1, 0.15) is 5.82 Å². The van der Waals surface area contributed by atoms with Crippen LogP contribution < -0.4 is 0 Å². The Balaban J connectivity index is 1.40. The molecule has 210 valence electrons. The molecule has 9 rings (SSSR count). The number of rotatable bonds is 4. The van der Waals surface area contributed by atoms with E-state index in [0.29, 0.717) is 27.7 Å². The van der Waals surface area contributed by atoms with Gasteiger partial charge in [-0.05, 0) is 78.8 Å². The fourth-order valence-electron chi connectivity index (χ4n) is 6.21. The molecule has 0 bridgehead atoms. The van der Waals surface area contributed by atoms with E-state index in [2.05, 4.69) is 0 Å². The molecule has 0 fully saturated rings. The standard InChI is InChI=1S/C43H28N2/c1-2-15-32(16-3-1)45-40-24-11-10-23-39(40)44-43(45)31-27-25-30(26-28-31)41-35-18-6-8-20-37(35)42(38-21-9-7-19-36(38)41)34-22-12-14-29-13-4-5-17-33(29)34/h1-28H/i1D,2D,3D,6D,7D,8D,9D,15D,16D,18D,19D,20D,21D. The molecule has 0 N–H and O–H groups in total. The summed E-state index contributed by atoms with van der Waals surface area (Å²) in [6, 6.07) is 20.8. The van der Waals surface area contributed by atoms with E-state index in [1.807, 2.05) is 30.3 Å². The first-order valence-electron chi connectivity index (χ1n) is 20.8. The molecule has 1 heterocycles. The Morgan fingerprint density at radius 3 is 1.78 bits per heavy atom. The molecule has 8 aromatic carbocycles. The van der Waals surface area contributed by atoms with Gasteiger partial charge >= 0.3 is 0 Å². The highest BCUT2D eigenvalue weighted by Gasteiger charge is 2.19. The molecule has 0 radical (unpaired) electrons.